The van der Waals surface area contributed by atoms with Crippen molar-refractivity contribution in [3.05, 3.63) is 11.3 Å². The number of carbonyl (C=O) groups is 1. The first-order valence-corrected chi connectivity index (χ1v) is 6.72. The zero-order valence-electron chi connectivity index (χ0n) is 11.5. The van der Waals surface area contributed by atoms with E-state index in [9.17, 15) is 4.79 Å². The van der Waals surface area contributed by atoms with Crippen molar-refractivity contribution < 1.29 is 9.53 Å². The molecule has 0 spiro atoms. The van der Waals surface area contributed by atoms with E-state index in [1.54, 1.807) is 14.0 Å². The van der Waals surface area contributed by atoms with Crippen molar-refractivity contribution in [2.24, 2.45) is 17.3 Å². The highest BCUT2D eigenvalue weighted by molar-refractivity contribution is 5.75. The molecule has 2 nitrogen and oxygen atoms in total. The summed E-state index contributed by atoms with van der Waals surface area (Å²) >= 11 is 0. The number of hydrogen-bond acceptors (Lipinski definition) is 2. The zero-order chi connectivity index (χ0) is 12.6. The number of hydrogen-bond donors (Lipinski definition) is 0. The van der Waals surface area contributed by atoms with Crippen molar-refractivity contribution in [3.63, 3.8) is 0 Å². The van der Waals surface area contributed by atoms with Crippen molar-refractivity contribution >= 4 is 5.78 Å². The summed E-state index contributed by atoms with van der Waals surface area (Å²) < 4.78 is 5.55. The van der Waals surface area contributed by atoms with E-state index in [0.717, 1.165) is 25.2 Å². The molecule has 0 unspecified atom stereocenters. The first-order chi connectivity index (χ1) is 7.96. The molecule has 0 radical (unpaired) electrons. The minimum atomic E-state index is 0.297. The maximum atomic E-state index is 11.0. The molecule has 96 valence electrons. The molecule has 0 heterocycles. The molecule has 2 atom stereocenters. The normalized spacial score (nSPS) is 29.9. The number of allylic oxidation sites excluding steroid dienone is 2. The molecule has 3 rings (SSSR count). The summed E-state index contributed by atoms with van der Waals surface area (Å²) in [7, 11) is 1.79. The third-order valence-electron chi connectivity index (χ3n) is 4.90. The van der Waals surface area contributed by atoms with Gasteiger partial charge in [0.2, 0.25) is 0 Å². The molecular formula is C15H24O2. The van der Waals surface area contributed by atoms with E-state index in [2.05, 4.69) is 13.8 Å². The van der Waals surface area contributed by atoms with Crippen molar-refractivity contribution in [3.8, 4) is 0 Å². The van der Waals surface area contributed by atoms with E-state index in [1.165, 1.54) is 17.8 Å². The lowest BCUT2D eigenvalue weighted by Gasteiger charge is -2.57. The van der Waals surface area contributed by atoms with Gasteiger partial charge in [0, 0.05) is 12.8 Å². The molecule has 0 N–H and O–H groups in total. The summed E-state index contributed by atoms with van der Waals surface area (Å²) in [6, 6.07) is 0. The van der Waals surface area contributed by atoms with Gasteiger partial charge in [-0.05, 0) is 49.0 Å². The minimum Gasteiger partial charge on any atom is -0.501 e. The van der Waals surface area contributed by atoms with Gasteiger partial charge in [0.1, 0.15) is 5.78 Å². The van der Waals surface area contributed by atoms with Gasteiger partial charge >= 0.3 is 0 Å². The van der Waals surface area contributed by atoms with Crippen molar-refractivity contribution in [2.45, 2.75) is 52.9 Å². The van der Waals surface area contributed by atoms with Crippen LogP contribution < -0.4 is 0 Å². The molecule has 2 bridgehead atoms. The Balaban J connectivity index is 2.05. The Morgan fingerprint density at radius 3 is 2.71 bits per heavy atom. The molecular weight excluding hydrogens is 212 g/mol. The third-order valence-corrected chi connectivity index (χ3v) is 4.90. The smallest absolute Gasteiger partial charge is 0.129 e. The first kappa shape index (κ1) is 12.7. The number of ether oxygens (including phenoxy) is 1. The maximum absolute atomic E-state index is 11.0. The van der Waals surface area contributed by atoms with Gasteiger partial charge in [0.15, 0.2) is 0 Å². The second kappa shape index (κ2) is 4.47. The van der Waals surface area contributed by atoms with Crippen LogP contribution in [-0.4, -0.2) is 12.9 Å². The fraction of sp³-hybridized carbons (Fsp3) is 0.800. The summed E-state index contributed by atoms with van der Waals surface area (Å²) in [4.78, 5) is 11.0. The summed E-state index contributed by atoms with van der Waals surface area (Å²) in [5.41, 5.74) is 1.95. The highest BCUT2D eigenvalue weighted by Gasteiger charge is 2.53. The molecule has 17 heavy (non-hydrogen) atoms. The van der Waals surface area contributed by atoms with E-state index in [0.29, 0.717) is 23.5 Å². The second-order valence-electron chi connectivity index (χ2n) is 6.22. The van der Waals surface area contributed by atoms with Gasteiger partial charge in [-0.3, -0.25) is 0 Å². The lowest BCUT2D eigenvalue weighted by molar-refractivity contribution is -0.117. The Morgan fingerprint density at radius 1 is 1.47 bits per heavy atom. The van der Waals surface area contributed by atoms with E-state index in [-0.39, 0.29) is 0 Å². The second-order valence-corrected chi connectivity index (χ2v) is 6.22. The van der Waals surface area contributed by atoms with Crippen LogP contribution in [0.25, 0.3) is 0 Å². The lowest BCUT2D eigenvalue weighted by Crippen LogP contribution is -2.49. The zero-order valence-corrected chi connectivity index (χ0v) is 11.5. The maximum Gasteiger partial charge on any atom is 0.129 e. The van der Waals surface area contributed by atoms with Crippen LogP contribution in [0.5, 0.6) is 0 Å². The van der Waals surface area contributed by atoms with Crippen LogP contribution in [0.4, 0.5) is 0 Å². The van der Waals surface area contributed by atoms with Gasteiger partial charge in [-0.2, -0.15) is 0 Å². The summed E-state index contributed by atoms with van der Waals surface area (Å²) in [5, 5.41) is 0. The predicted octanol–water partition coefficient (Wildman–Crippen LogP) is 3.71. The number of Topliss-reactive ketones (excluding diaryl/α,β-unsaturated/α-hetero) is 1. The number of carbonyl (C=O) groups excluding carboxylic acids is 1. The van der Waals surface area contributed by atoms with Crippen LogP contribution in [0, 0.1) is 17.3 Å². The van der Waals surface area contributed by atoms with Crippen LogP contribution in [0.1, 0.15) is 52.9 Å². The molecule has 3 aliphatic carbocycles. The first-order valence-electron chi connectivity index (χ1n) is 6.72. The Hall–Kier alpha value is -0.790. The fourth-order valence-electron chi connectivity index (χ4n) is 3.56. The SMILES string of the molecule is COC1=C(CCCC(C)=O)[C@@H]2C[C@H](C1)C2(C)C. The van der Waals surface area contributed by atoms with Crippen LogP contribution in [0.2, 0.25) is 0 Å². The molecule has 0 aromatic heterocycles. The number of rotatable bonds is 5. The largest absolute Gasteiger partial charge is 0.501 e. The highest BCUT2D eigenvalue weighted by Crippen LogP contribution is 2.61. The number of fused-ring (bicyclic) bond motifs is 1. The number of ketones is 1. The molecule has 0 saturated heterocycles. The molecule has 0 aliphatic heterocycles. The van der Waals surface area contributed by atoms with Gasteiger partial charge in [-0.1, -0.05) is 13.8 Å². The van der Waals surface area contributed by atoms with E-state index < -0.39 is 0 Å². The lowest BCUT2D eigenvalue weighted by atomic mass is 9.48. The van der Waals surface area contributed by atoms with Crippen molar-refractivity contribution in [2.75, 3.05) is 7.11 Å². The molecule has 3 aliphatic rings. The topological polar surface area (TPSA) is 26.3 Å². The predicted molar refractivity (Wildman–Crippen MR) is 68.6 cm³/mol. The Bertz CT molecular complexity index is 352. The van der Waals surface area contributed by atoms with Gasteiger partial charge < -0.3 is 9.53 Å². The Kier molecular flexibility index (Phi) is 3.33. The summed E-state index contributed by atoms with van der Waals surface area (Å²) in [6.07, 6.45) is 5.17. The van der Waals surface area contributed by atoms with E-state index >= 15 is 0 Å². The van der Waals surface area contributed by atoms with Crippen LogP contribution in [0.3, 0.4) is 0 Å². The summed E-state index contributed by atoms with van der Waals surface area (Å²) in [6.45, 7) is 6.43. The molecule has 0 aromatic rings. The minimum absolute atomic E-state index is 0.297. The third kappa shape index (κ3) is 2.14. The van der Waals surface area contributed by atoms with Gasteiger partial charge in [0.05, 0.1) is 12.9 Å². The highest BCUT2D eigenvalue weighted by atomic mass is 16.5. The fourth-order valence-corrected chi connectivity index (χ4v) is 3.56. The van der Waals surface area contributed by atoms with Crippen molar-refractivity contribution in [1.29, 1.82) is 0 Å². The standard InChI is InChI=1S/C15H24O2/c1-10(16)6-5-7-12-13-8-11(15(13,2)3)9-14(12)17-4/h11,13H,5-9H2,1-4H3/t11-,13+/m1/s1. The van der Waals surface area contributed by atoms with Gasteiger partial charge in [-0.25, -0.2) is 0 Å². The molecule has 0 amide bonds. The molecule has 2 heteroatoms. The van der Waals surface area contributed by atoms with E-state index in [4.69, 9.17) is 4.74 Å². The average molecular weight is 236 g/mol. The van der Waals surface area contributed by atoms with Crippen LogP contribution in [-0.2, 0) is 9.53 Å². The molecule has 0 aromatic carbocycles. The Morgan fingerprint density at radius 2 is 2.18 bits per heavy atom. The quantitative estimate of drug-likeness (QED) is 0.727. The Labute approximate surface area is 104 Å². The summed E-state index contributed by atoms with van der Waals surface area (Å²) in [5.74, 6) is 3.02. The molecule has 1 fully saturated rings. The van der Waals surface area contributed by atoms with Gasteiger partial charge in [-0.15, -0.1) is 0 Å². The van der Waals surface area contributed by atoms with Crippen molar-refractivity contribution in [1.82, 2.24) is 0 Å². The van der Waals surface area contributed by atoms with Crippen LogP contribution in [0.15, 0.2) is 11.3 Å². The molecule has 1 saturated carbocycles. The monoisotopic (exact) mass is 236 g/mol. The van der Waals surface area contributed by atoms with Crippen LogP contribution >= 0.6 is 0 Å². The van der Waals surface area contributed by atoms with Gasteiger partial charge in [0.25, 0.3) is 0 Å². The number of methoxy groups -OCH3 is 1. The average Bonchev–Trinajstić information content (AvgIpc) is 2.28. The van der Waals surface area contributed by atoms with E-state index in [1.807, 2.05) is 0 Å².